The highest BCUT2D eigenvalue weighted by molar-refractivity contribution is 7.99. The molecule has 0 fully saturated rings. The summed E-state index contributed by atoms with van der Waals surface area (Å²) in [5, 5.41) is 5.34. The zero-order valence-corrected chi connectivity index (χ0v) is 24.1. The topological polar surface area (TPSA) is 85.6 Å². The van der Waals surface area contributed by atoms with Crippen molar-refractivity contribution in [1.82, 2.24) is 15.0 Å². The van der Waals surface area contributed by atoms with E-state index >= 15 is 0 Å². The number of para-hydroxylation sites is 1. The maximum absolute atomic E-state index is 13.9. The molecule has 1 amide bonds. The van der Waals surface area contributed by atoms with Crippen molar-refractivity contribution in [2.24, 2.45) is 5.10 Å². The van der Waals surface area contributed by atoms with Gasteiger partial charge in [-0.3, -0.25) is 14.2 Å². The highest BCUT2D eigenvalue weighted by atomic mass is 32.2. The number of nitrogens with zero attached hydrogens (tertiary/aromatic N) is 3. The Morgan fingerprint density at radius 1 is 1.05 bits per heavy atom. The average molecular weight is 581 g/mol. The molecule has 41 heavy (non-hydrogen) atoms. The van der Waals surface area contributed by atoms with E-state index in [1.54, 1.807) is 22.1 Å². The van der Waals surface area contributed by atoms with Crippen LogP contribution in [0.3, 0.4) is 0 Å². The smallest absolute Gasteiger partial charge is 0.267 e. The number of hydrogen-bond donors (Lipinski definition) is 1. The first-order valence-corrected chi connectivity index (χ1v) is 15.3. The fraction of sp³-hybridized carbons (Fsp3) is 0.188. The predicted octanol–water partition coefficient (Wildman–Crippen LogP) is 6.67. The largest absolute Gasteiger partial charge is 0.457 e. The van der Waals surface area contributed by atoms with Crippen molar-refractivity contribution < 1.29 is 9.53 Å². The number of nitrogens with one attached hydrogen (secondary N) is 1. The molecule has 1 N–H and O–H groups in total. The van der Waals surface area contributed by atoms with E-state index in [1.807, 2.05) is 85.8 Å². The van der Waals surface area contributed by atoms with E-state index in [-0.39, 0.29) is 17.2 Å². The Bertz CT molecular complexity index is 1790. The highest BCUT2D eigenvalue weighted by Crippen LogP contribution is 2.35. The molecule has 2 heterocycles. The van der Waals surface area contributed by atoms with Crippen LogP contribution in [0.2, 0.25) is 0 Å². The van der Waals surface area contributed by atoms with Crippen LogP contribution >= 0.6 is 23.1 Å². The summed E-state index contributed by atoms with van der Waals surface area (Å²) < 4.78 is 7.51. The Morgan fingerprint density at radius 2 is 1.83 bits per heavy atom. The number of hydrogen-bond acceptors (Lipinski definition) is 7. The molecule has 0 unspecified atom stereocenters. The molecule has 7 nitrogen and oxygen atoms in total. The third-order valence-electron chi connectivity index (χ3n) is 6.82. The first kappa shape index (κ1) is 27.0. The van der Waals surface area contributed by atoms with Crippen LogP contribution < -0.4 is 15.7 Å². The van der Waals surface area contributed by atoms with E-state index in [1.165, 1.54) is 16.6 Å². The molecule has 0 aliphatic heterocycles. The van der Waals surface area contributed by atoms with Crippen LogP contribution in [0, 0.1) is 6.92 Å². The number of carbonyl (C=O) groups excluding carboxylic acids is 1. The van der Waals surface area contributed by atoms with Gasteiger partial charge in [0.2, 0.25) is 0 Å². The lowest BCUT2D eigenvalue weighted by Gasteiger charge is -2.13. The molecule has 0 spiro atoms. The highest BCUT2D eigenvalue weighted by Gasteiger charge is 2.23. The van der Waals surface area contributed by atoms with Gasteiger partial charge in [0.15, 0.2) is 5.16 Å². The number of carbonyl (C=O) groups is 1. The Morgan fingerprint density at radius 3 is 2.66 bits per heavy atom. The summed E-state index contributed by atoms with van der Waals surface area (Å²) in [4.78, 5) is 33.5. The molecule has 0 atom stereocenters. The molecule has 1 aliphatic carbocycles. The number of fused-ring (bicyclic) bond motifs is 3. The summed E-state index contributed by atoms with van der Waals surface area (Å²) in [5.41, 5.74) is 6.29. The van der Waals surface area contributed by atoms with Gasteiger partial charge in [-0.25, -0.2) is 10.4 Å². The summed E-state index contributed by atoms with van der Waals surface area (Å²) in [6.07, 6.45) is 5.70. The van der Waals surface area contributed by atoms with Gasteiger partial charge in [0.25, 0.3) is 11.5 Å². The van der Waals surface area contributed by atoms with Gasteiger partial charge in [-0.05, 0) is 80.1 Å². The van der Waals surface area contributed by atoms with E-state index in [0.29, 0.717) is 10.9 Å². The van der Waals surface area contributed by atoms with Gasteiger partial charge in [0.1, 0.15) is 16.3 Å². The molecular formula is C32H28N4O3S2. The monoisotopic (exact) mass is 580 g/mol. The van der Waals surface area contributed by atoms with E-state index in [9.17, 15) is 9.59 Å². The van der Waals surface area contributed by atoms with Gasteiger partial charge < -0.3 is 4.74 Å². The van der Waals surface area contributed by atoms with Crippen molar-refractivity contribution in [1.29, 1.82) is 0 Å². The molecule has 0 saturated carbocycles. The minimum Gasteiger partial charge on any atom is -0.457 e. The maximum atomic E-state index is 13.9. The molecule has 3 aromatic carbocycles. The number of thioether (sulfide) groups is 1. The maximum Gasteiger partial charge on any atom is 0.267 e. The van der Waals surface area contributed by atoms with Crippen LogP contribution in [0.4, 0.5) is 0 Å². The quantitative estimate of drug-likeness (QED) is 0.0959. The third-order valence-corrected chi connectivity index (χ3v) is 8.95. The Balaban J connectivity index is 1.19. The molecule has 206 valence electrons. The summed E-state index contributed by atoms with van der Waals surface area (Å²) in [6.45, 7) is 2.01. The molecule has 9 heteroatoms. The van der Waals surface area contributed by atoms with Gasteiger partial charge in [0.05, 0.1) is 23.0 Å². The molecule has 2 aromatic heterocycles. The summed E-state index contributed by atoms with van der Waals surface area (Å²) in [6, 6.07) is 24.8. The standard InChI is InChI=1S/C32H28N4O3S2/c1-21-14-16-23(17-15-21)36-31(38)29-26-12-5-6-13-27(26)41-30(29)34-32(36)40-20-28(37)35-33-19-22-8-7-11-25(18-22)39-24-9-3-2-4-10-24/h2-4,7-11,14-19H,5-6,12-13,20H2,1H3,(H,35,37)/b33-19+. The molecule has 5 aromatic rings. The minimum absolute atomic E-state index is 0.0589. The first-order valence-electron chi connectivity index (χ1n) is 13.5. The number of hydrazone groups is 1. The summed E-state index contributed by atoms with van der Waals surface area (Å²) in [5.74, 6) is 1.18. The van der Waals surface area contributed by atoms with E-state index < -0.39 is 0 Å². The first-order chi connectivity index (χ1) is 20.0. The fourth-order valence-corrected chi connectivity index (χ4v) is 6.94. The van der Waals surface area contributed by atoms with Crippen LogP contribution in [0.1, 0.15) is 34.4 Å². The molecule has 6 rings (SSSR count). The zero-order valence-electron chi connectivity index (χ0n) is 22.5. The SMILES string of the molecule is Cc1ccc(-n2c(SCC(=O)N/N=C/c3cccc(Oc4ccccc4)c3)nc3sc4c(c3c2=O)CCCC4)cc1. The minimum atomic E-state index is -0.293. The molecule has 1 aliphatic rings. The van der Waals surface area contributed by atoms with Crippen molar-refractivity contribution in [3.8, 4) is 17.2 Å². The molecular weight excluding hydrogens is 553 g/mol. The number of aryl methyl sites for hydroxylation is 3. The number of rotatable bonds is 8. The average Bonchev–Trinajstić information content (AvgIpc) is 3.36. The number of amides is 1. The molecule has 0 radical (unpaired) electrons. The van der Waals surface area contributed by atoms with Crippen molar-refractivity contribution in [2.75, 3.05) is 5.75 Å². The second kappa shape index (κ2) is 12.1. The van der Waals surface area contributed by atoms with Crippen molar-refractivity contribution in [2.45, 2.75) is 37.8 Å². The van der Waals surface area contributed by atoms with E-state index in [2.05, 4.69) is 10.5 Å². The van der Waals surface area contributed by atoms with Gasteiger partial charge in [-0.2, -0.15) is 5.10 Å². The van der Waals surface area contributed by atoms with Crippen LogP contribution in [0.15, 0.2) is 93.9 Å². The van der Waals surface area contributed by atoms with Crippen LogP contribution in [-0.4, -0.2) is 27.4 Å². The number of benzene rings is 3. The van der Waals surface area contributed by atoms with Crippen LogP contribution in [0.25, 0.3) is 15.9 Å². The second-order valence-electron chi connectivity index (χ2n) is 9.83. The van der Waals surface area contributed by atoms with Crippen LogP contribution in [0.5, 0.6) is 11.5 Å². The molecule has 0 bridgehead atoms. The van der Waals surface area contributed by atoms with Gasteiger partial charge in [-0.1, -0.05) is 59.8 Å². The number of thiophene rings is 1. The van der Waals surface area contributed by atoms with Gasteiger partial charge in [-0.15, -0.1) is 11.3 Å². The Hall–Kier alpha value is -4.21. The zero-order chi connectivity index (χ0) is 28.2. The van der Waals surface area contributed by atoms with Crippen molar-refractivity contribution in [3.05, 3.63) is 111 Å². The normalized spacial score (nSPS) is 12.9. The predicted molar refractivity (Wildman–Crippen MR) is 166 cm³/mol. The Labute approximate surface area is 245 Å². The Kier molecular flexibility index (Phi) is 7.98. The lowest BCUT2D eigenvalue weighted by Crippen LogP contribution is -2.24. The summed E-state index contributed by atoms with van der Waals surface area (Å²) >= 11 is 2.84. The molecule has 0 saturated heterocycles. The van der Waals surface area contributed by atoms with E-state index in [4.69, 9.17) is 9.72 Å². The van der Waals surface area contributed by atoms with Crippen LogP contribution in [-0.2, 0) is 17.6 Å². The van der Waals surface area contributed by atoms with Crippen molar-refractivity contribution >= 4 is 45.4 Å². The second-order valence-corrected chi connectivity index (χ2v) is 11.9. The van der Waals surface area contributed by atoms with Crippen molar-refractivity contribution in [3.63, 3.8) is 0 Å². The van der Waals surface area contributed by atoms with E-state index in [0.717, 1.165) is 64.0 Å². The lowest BCUT2D eigenvalue weighted by atomic mass is 9.97. The van der Waals surface area contributed by atoms with Gasteiger partial charge in [0, 0.05) is 4.88 Å². The third kappa shape index (κ3) is 6.11. The van der Waals surface area contributed by atoms with Gasteiger partial charge >= 0.3 is 0 Å². The summed E-state index contributed by atoms with van der Waals surface area (Å²) in [7, 11) is 0. The fourth-order valence-electron chi connectivity index (χ4n) is 4.83. The number of ether oxygens (including phenoxy) is 1. The lowest BCUT2D eigenvalue weighted by molar-refractivity contribution is -0.118. The number of aromatic nitrogens is 2.